The van der Waals surface area contributed by atoms with Crippen LogP contribution in [0.25, 0.3) is 0 Å². The van der Waals surface area contributed by atoms with Gasteiger partial charge in [0.25, 0.3) is 5.91 Å². The van der Waals surface area contributed by atoms with E-state index in [9.17, 15) is 4.79 Å². The molecule has 0 spiro atoms. The number of carbonyl (C=O) groups is 1. The zero-order valence-corrected chi connectivity index (χ0v) is 14.7. The molecule has 6 heteroatoms. The van der Waals surface area contributed by atoms with E-state index in [2.05, 4.69) is 36.1 Å². The van der Waals surface area contributed by atoms with Crippen molar-refractivity contribution in [3.05, 3.63) is 42.1 Å². The number of nitrogens with zero attached hydrogens (tertiary/aromatic N) is 3. The second kappa shape index (κ2) is 6.81. The summed E-state index contributed by atoms with van der Waals surface area (Å²) in [6.45, 7) is 8.80. The maximum Gasteiger partial charge on any atom is 0.254 e. The highest BCUT2D eigenvalue weighted by atomic mass is 16.3. The van der Waals surface area contributed by atoms with Gasteiger partial charge in [-0.15, -0.1) is 0 Å². The van der Waals surface area contributed by atoms with E-state index in [0.717, 1.165) is 18.8 Å². The van der Waals surface area contributed by atoms with Crippen molar-refractivity contribution in [2.45, 2.75) is 45.2 Å². The highest BCUT2D eigenvalue weighted by Crippen LogP contribution is 2.25. The van der Waals surface area contributed by atoms with E-state index in [1.165, 1.54) is 12.8 Å². The first-order chi connectivity index (χ1) is 11.4. The van der Waals surface area contributed by atoms with Gasteiger partial charge in [0.2, 0.25) is 0 Å². The Bertz CT molecular complexity index is 664. The zero-order valence-electron chi connectivity index (χ0n) is 14.7. The lowest BCUT2D eigenvalue weighted by atomic mass is 10.1. The molecular formula is C18H26N4O2. The predicted molar refractivity (Wildman–Crippen MR) is 91.8 cm³/mol. The van der Waals surface area contributed by atoms with Crippen LogP contribution in [0, 0.1) is 0 Å². The van der Waals surface area contributed by atoms with Crippen molar-refractivity contribution >= 4 is 5.91 Å². The van der Waals surface area contributed by atoms with Gasteiger partial charge in [-0.05, 0) is 58.8 Å². The number of rotatable bonds is 5. The Kier molecular flexibility index (Phi) is 4.76. The Morgan fingerprint density at radius 3 is 2.71 bits per heavy atom. The number of furan rings is 1. The summed E-state index contributed by atoms with van der Waals surface area (Å²) in [6.07, 6.45) is 7.51. The smallest absolute Gasteiger partial charge is 0.254 e. The molecule has 0 aliphatic carbocycles. The molecule has 1 amide bonds. The van der Waals surface area contributed by atoms with Gasteiger partial charge in [-0.2, -0.15) is 5.10 Å². The minimum atomic E-state index is -0.134. The van der Waals surface area contributed by atoms with Crippen LogP contribution in [0.5, 0.6) is 0 Å². The lowest BCUT2D eigenvalue weighted by Gasteiger charge is -2.25. The summed E-state index contributed by atoms with van der Waals surface area (Å²) in [4.78, 5) is 14.8. The molecule has 6 nitrogen and oxygen atoms in total. The molecule has 0 aromatic carbocycles. The molecular weight excluding hydrogens is 304 g/mol. The third-order valence-electron chi connectivity index (χ3n) is 4.44. The molecule has 1 atom stereocenters. The third-order valence-corrected chi connectivity index (χ3v) is 4.44. The fourth-order valence-corrected chi connectivity index (χ4v) is 3.04. The van der Waals surface area contributed by atoms with Crippen molar-refractivity contribution in [3.63, 3.8) is 0 Å². The van der Waals surface area contributed by atoms with E-state index in [4.69, 9.17) is 4.42 Å². The summed E-state index contributed by atoms with van der Waals surface area (Å²) in [7, 11) is 0. The Balaban J connectivity index is 1.66. The van der Waals surface area contributed by atoms with E-state index < -0.39 is 0 Å². The minimum Gasteiger partial charge on any atom is -0.468 e. The molecule has 1 aliphatic rings. The van der Waals surface area contributed by atoms with Crippen molar-refractivity contribution in [1.82, 2.24) is 20.0 Å². The summed E-state index contributed by atoms with van der Waals surface area (Å²) < 4.78 is 7.40. The van der Waals surface area contributed by atoms with E-state index in [1.807, 2.05) is 16.8 Å². The average Bonchev–Trinajstić information content (AvgIpc) is 3.28. The average molecular weight is 330 g/mol. The van der Waals surface area contributed by atoms with Crippen molar-refractivity contribution < 1.29 is 9.21 Å². The SMILES string of the molecule is CC(C)(C)n1cc(C(=O)NC[C@@H](c2ccco2)N2CCCC2)cn1. The van der Waals surface area contributed by atoms with Crippen LogP contribution in [-0.4, -0.2) is 40.2 Å². The topological polar surface area (TPSA) is 63.3 Å². The molecule has 2 aromatic rings. The summed E-state index contributed by atoms with van der Waals surface area (Å²) in [5, 5.41) is 7.32. The highest BCUT2D eigenvalue weighted by Gasteiger charge is 2.26. The number of likely N-dealkylation sites (tertiary alicyclic amines) is 1. The number of nitrogens with one attached hydrogen (secondary N) is 1. The molecule has 0 unspecified atom stereocenters. The van der Waals surface area contributed by atoms with Gasteiger partial charge in [-0.25, -0.2) is 0 Å². The summed E-state index contributed by atoms with van der Waals surface area (Å²) in [5.74, 6) is 0.809. The van der Waals surface area contributed by atoms with Crippen LogP contribution in [0.1, 0.15) is 55.8 Å². The number of amides is 1. The third kappa shape index (κ3) is 3.70. The zero-order chi connectivity index (χ0) is 17.2. The molecule has 2 aromatic heterocycles. The molecule has 3 rings (SSSR count). The second-order valence-corrected chi connectivity index (χ2v) is 7.33. The van der Waals surface area contributed by atoms with Crippen LogP contribution in [-0.2, 0) is 5.54 Å². The van der Waals surface area contributed by atoms with Gasteiger partial charge in [0.15, 0.2) is 0 Å². The first-order valence-electron chi connectivity index (χ1n) is 8.56. The van der Waals surface area contributed by atoms with Crippen LogP contribution in [0.3, 0.4) is 0 Å². The van der Waals surface area contributed by atoms with E-state index >= 15 is 0 Å². The first-order valence-corrected chi connectivity index (χ1v) is 8.56. The van der Waals surface area contributed by atoms with E-state index in [-0.39, 0.29) is 17.5 Å². The number of hydrogen-bond donors (Lipinski definition) is 1. The Labute approximate surface area is 142 Å². The fourth-order valence-electron chi connectivity index (χ4n) is 3.04. The molecule has 0 bridgehead atoms. The number of aromatic nitrogens is 2. The molecule has 0 saturated carbocycles. The van der Waals surface area contributed by atoms with Gasteiger partial charge in [0, 0.05) is 12.7 Å². The molecule has 1 saturated heterocycles. The molecule has 0 radical (unpaired) electrons. The van der Waals surface area contributed by atoms with Gasteiger partial charge in [0.1, 0.15) is 5.76 Å². The predicted octanol–water partition coefficient (Wildman–Crippen LogP) is 2.80. The molecule has 3 heterocycles. The second-order valence-electron chi connectivity index (χ2n) is 7.33. The first kappa shape index (κ1) is 16.8. The molecule has 24 heavy (non-hydrogen) atoms. The van der Waals surface area contributed by atoms with E-state index in [1.54, 1.807) is 18.7 Å². The van der Waals surface area contributed by atoms with E-state index in [0.29, 0.717) is 12.1 Å². The molecule has 130 valence electrons. The molecule has 1 fully saturated rings. The lowest BCUT2D eigenvalue weighted by Crippen LogP contribution is -2.36. The van der Waals surface area contributed by atoms with Gasteiger partial charge in [0.05, 0.1) is 29.6 Å². The van der Waals surface area contributed by atoms with Crippen LogP contribution in [0.15, 0.2) is 35.2 Å². The van der Waals surface area contributed by atoms with Crippen LogP contribution < -0.4 is 5.32 Å². The van der Waals surface area contributed by atoms with Crippen LogP contribution >= 0.6 is 0 Å². The number of carbonyl (C=O) groups excluding carboxylic acids is 1. The standard InChI is InChI=1S/C18H26N4O2/c1-18(2,3)22-13-14(11-20-22)17(23)19-12-15(16-7-6-10-24-16)21-8-4-5-9-21/h6-7,10-11,13,15H,4-5,8-9,12H2,1-3H3,(H,19,23)/t15-/m0/s1. The van der Waals surface area contributed by atoms with Gasteiger partial charge in [-0.3, -0.25) is 14.4 Å². The van der Waals surface area contributed by atoms with Crippen molar-refractivity contribution in [2.75, 3.05) is 19.6 Å². The monoisotopic (exact) mass is 330 g/mol. The quantitative estimate of drug-likeness (QED) is 0.915. The van der Waals surface area contributed by atoms with Gasteiger partial charge >= 0.3 is 0 Å². The Hall–Kier alpha value is -2.08. The van der Waals surface area contributed by atoms with Crippen LogP contribution in [0.4, 0.5) is 0 Å². The summed E-state index contributed by atoms with van der Waals surface area (Å²) in [6, 6.07) is 3.96. The van der Waals surface area contributed by atoms with Crippen molar-refractivity contribution in [2.24, 2.45) is 0 Å². The minimum absolute atomic E-state index is 0.0871. The van der Waals surface area contributed by atoms with Crippen LogP contribution in [0.2, 0.25) is 0 Å². The maximum atomic E-state index is 12.5. The Morgan fingerprint density at radius 2 is 2.12 bits per heavy atom. The highest BCUT2D eigenvalue weighted by molar-refractivity contribution is 5.93. The van der Waals surface area contributed by atoms with Gasteiger partial charge < -0.3 is 9.73 Å². The fraction of sp³-hybridized carbons (Fsp3) is 0.556. The van der Waals surface area contributed by atoms with Crippen molar-refractivity contribution in [3.8, 4) is 0 Å². The largest absolute Gasteiger partial charge is 0.468 e. The van der Waals surface area contributed by atoms with Crippen molar-refractivity contribution in [1.29, 1.82) is 0 Å². The van der Waals surface area contributed by atoms with Gasteiger partial charge in [-0.1, -0.05) is 0 Å². The number of hydrogen-bond acceptors (Lipinski definition) is 4. The Morgan fingerprint density at radius 1 is 1.38 bits per heavy atom. The normalized spacial score (nSPS) is 17.1. The molecule has 1 aliphatic heterocycles. The molecule has 1 N–H and O–H groups in total. The summed E-state index contributed by atoms with van der Waals surface area (Å²) >= 11 is 0. The summed E-state index contributed by atoms with van der Waals surface area (Å²) in [5.41, 5.74) is 0.453. The maximum absolute atomic E-state index is 12.5. The lowest BCUT2D eigenvalue weighted by molar-refractivity contribution is 0.0933.